The first-order chi connectivity index (χ1) is 10.2. The molecule has 0 spiro atoms. The molecule has 21 heavy (non-hydrogen) atoms. The Balaban J connectivity index is 1.66. The third-order valence-corrected chi connectivity index (χ3v) is 5.27. The lowest BCUT2D eigenvalue weighted by molar-refractivity contribution is 0.107. The molecule has 1 aromatic heterocycles. The number of urea groups is 1. The van der Waals surface area contributed by atoms with E-state index in [1.165, 1.54) is 12.8 Å². The molecule has 0 N–H and O–H groups in total. The molecule has 2 aliphatic rings. The molecule has 3 rings (SSSR count). The van der Waals surface area contributed by atoms with E-state index in [0.29, 0.717) is 18.0 Å². The fourth-order valence-electron chi connectivity index (χ4n) is 3.75. The van der Waals surface area contributed by atoms with Gasteiger partial charge in [0.25, 0.3) is 0 Å². The second-order valence-corrected chi connectivity index (χ2v) is 6.62. The van der Waals surface area contributed by atoms with Crippen LogP contribution >= 0.6 is 0 Å². The van der Waals surface area contributed by atoms with Gasteiger partial charge in [0.2, 0.25) is 0 Å². The van der Waals surface area contributed by atoms with Gasteiger partial charge in [-0.25, -0.2) is 9.78 Å². The molecule has 0 aromatic carbocycles. The van der Waals surface area contributed by atoms with E-state index in [-0.39, 0.29) is 6.03 Å². The smallest absolute Gasteiger partial charge is 0.320 e. The Hall–Kier alpha value is -1.52. The van der Waals surface area contributed by atoms with Crippen molar-refractivity contribution in [3.63, 3.8) is 0 Å². The summed E-state index contributed by atoms with van der Waals surface area (Å²) in [4.78, 5) is 20.9. The van der Waals surface area contributed by atoms with Gasteiger partial charge in [-0.3, -0.25) is 0 Å². The van der Waals surface area contributed by atoms with Crippen molar-refractivity contribution in [2.75, 3.05) is 20.1 Å². The van der Waals surface area contributed by atoms with Crippen molar-refractivity contribution in [3.05, 3.63) is 18.7 Å². The minimum Gasteiger partial charge on any atom is -0.332 e. The summed E-state index contributed by atoms with van der Waals surface area (Å²) < 4.78 is 2.15. The van der Waals surface area contributed by atoms with Gasteiger partial charge in [-0.05, 0) is 25.2 Å². The van der Waals surface area contributed by atoms with E-state index in [4.69, 9.17) is 0 Å². The number of nitrogens with zero attached hydrogens (tertiary/aromatic N) is 4. The highest BCUT2D eigenvalue weighted by molar-refractivity contribution is 5.74. The van der Waals surface area contributed by atoms with Crippen molar-refractivity contribution in [2.24, 2.45) is 5.92 Å². The Morgan fingerprint density at radius 1 is 1.29 bits per heavy atom. The maximum atomic E-state index is 12.7. The largest absolute Gasteiger partial charge is 0.332 e. The van der Waals surface area contributed by atoms with Gasteiger partial charge in [-0.1, -0.05) is 19.8 Å². The van der Waals surface area contributed by atoms with Crippen LogP contribution in [-0.2, 0) is 0 Å². The SMILES string of the molecule is C[C@@H]1CCN(C(=O)N(C)C2CCCC2)C[C@@H]1n1ccnc1. The molecule has 0 unspecified atom stereocenters. The number of rotatable bonds is 2. The number of carbonyl (C=O) groups is 1. The fourth-order valence-corrected chi connectivity index (χ4v) is 3.75. The van der Waals surface area contributed by atoms with Crippen LogP contribution in [0.4, 0.5) is 4.79 Å². The standard InChI is InChI=1S/C16H26N4O/c1-13-7-9-19(11-15(13)20-10-8-17-12-20)16(21)18(2)14-5-3-4-6-14/h8,10,12-15H,3-7,9,11H2,1-2H3/t13-,15+/m1/s1. The lowest BCUT2D eigenvalue weighted by Crippen LogP contribution is -2.50. The van der Waals surface area contributed by atoms with Crippen molar-refractivity contribution in [1.82, 2.24) is 19.4 Å². The highest BCUT2D eigenvalue weighted by atomic mass is 16.2. The first-order valence-corrected chi connectivity index (χ1v) is 8.16. The molecule has 2 amide bonds. The van der Waals surface area contributed by atoms with Crippen LogP contribution in [0.3, 0.4) is 0 Å². The highest BCUT2D eigenvalue weighted by Gasteiger charge is 2.33. The minimum absolute atomic E-state index is 0.207. The van der Waals surface area contributed by atoms with Crippen molar-refractivity contribution in [3.8, 4) is 0 Å². The van der Waals surface area contributed by atoms with Crippen LogP contribution in [0.15, 0.2) is 18.7 Å². The molecule has 2 atom stereocenters. The van der Waals surface area contributed by atoms with Gasteiger partial charge >= 0.3 is 6.03 Å². The average Bonchev–Trinajstić information content (AvgIpc) is 3.19. The number of hydrogen-bond donors (Lipinski definition) is 0. The summed E-state index contributed by atoms with van der Waals surface area (Å²) in [6, 6.07) is 1.00. The van der Waals surface area contributed by atoms with Gasteiger partial charge in [0.15, 0.2) is 0 Å². The van der Waals surface area contributed by atoms with Crippen LogP contribution in [0.25, 0.3) is 0 Å². The van der Waals surface area contributed by atoms with Gasteiger partial charge in [0.1, 0.15) is 0 Å². The molecule has 5 nitrogen and oxygen atoms in total. The topological polar surface area (TPSA) is 41.4 Å². The number of hydrogen-bond acceptors (Lipinski definition) is 2. The van der Waals surface area contributed by atoms with E-state index in [2.05, 4.69) is 16.5 Å². The third-order valence-electron chi connectivity index (χ3n) is 5.27. The summed E-state index contributed by atoms with van der Waals surface area (Å²) in [7, 11) is 1.97. The van der Waals surface area contributed by atoms with E-state index in [9.17, 15) is 4.79 Å². The normalized spacial score (nSPS) is 27.0. The van der Waals surface area contributed by atoms with Gasteiger partial charge in [0.05, 0.1) is 12.4 Å². The van der Waals surface area contributed by atoms with Crippen LogP contribution in [0.5, 0.6) is 0 Å². The maximum Gasteiger partial charge on any atom is 0.320 e. The van der Waals surface area contributed by atoms with Crippen molar-refractivity contribution in [2.45, 2.75) is 51.1 Å². The number of likely N-dealkylation sites (tertiary alicyclic amines) is 1. The molecule has 2 fully saturated rings. The number of amides is 2. The molecule has 1 saturated carbocycles. The van der Waals surface area contributed by atoms with Crippen molar-refractivity contribution in [1.29, 1.82) is 0 Å². The summed E-state index contributed by atoms with van der Waals surface area (Å²) in [5, 5.41) is 0. The molecule has 116 valence electrons. The average molecular weight is 290 g/mol. The van der Waals surface area contributed by atoms with Crippen LogP contribution in [0, 0.1) is 5.92 Å². The number of imidazole rings is 1. The Bertz CT molecular complexity index is 467. The summed E-state index contributed by atoms with van der Waals surface area (Å²) in [5.41, 5.74) is 0. The van der Waals surface area contributed by atoms with Crippen molar-refractivity contribution < 1.29 is 4.79 Å². The Morgan fingerprint density at radius 3 is 2.71 bits per heavy atom. The highest BCUT2D eigenvalue weighted by Crippen LogP contribution is 2.29. The van der Waals surface area contributed by atoms with E-state index in [0.717, 1.165) is 32.4 Å². The van der Waals surface area contributed by atoms with E-state index >= 15 is 0 Å². The Kier molecular flexibility index (Phi) is 4.17. The molecule has 1 aliphatic heterocycles. The molecule has 0 bridgehead atoms. The molecular formula is C16H26N4O. The Morgan fingerprint density at radius 2 is 2.05 bits per heavy atom. The number of piperidine rings is 1. The Labute approximate surface area is 126 Å². The van der Waals surface area contributed by atoms with E-state index < -0.39 is 0 Å². The predicted octanol–water partition coefficient (Wildman–Crippen LogP) is 2.76. The number of aromatic nitrogens is 2. The van der Waals surface area contributed by atoms with Crippen LogP contribution in [0.1, 0.15) is 45.1 Å². The monoisotopic (exact) mass is 290 g/mol. The van der Waals surface area contributed by atoms with Gasteiger partial charge < -0.3 is 14.4 Å². The number of carbonyl (C=O) groups excluding carboxylic acids is 1. The fraction of sp³-hybridized carbons (Fsp3) is 0.750. The molecule has 2 heterocycles. The quantitative estimate of drug-likeness (QED) is 0.840. The molecule has 5 heteroatoms. The van der Waals surface area contributed by atoms with Gasteiger partial charge in [-0.2, -0.15) is 0 Å². The molecule has 1 saturated heterocycles. The lowest BCUT2D eigenvalue weighted by atomic mass is 9.93. The van der Waals surface area contributed by atoms with Crippen LogP contribution < -0.4 is 0 Å². The summed E-state index contributed by atoms with van der Waals surface area (Å²) in [5.74, 6) is 0.583. The lowest BCUT2D eigenvalue weighted by Gasteiger charge is -2.40. The second-order valence-electron chi connectivity index (χ2n) is 6.62. The third kappa shape index (κ3) is 2.92. The van der Waals surface area contributed by atoms with E-state index in [1.54, 1.807) is 0 Å². The molecular weight excluding hydrogens is 264 g/mol. The first-order valence-electron chi connectivity index (χ1n) is 8.16. The zero-order valence-corrected chi connectivity index (χ0v) is 13.1. The van der Waals surface area contributed by atoms with Gasteiger partial charge in [0, 0.05) is 38.6 Å². The van der Waals surface area contributed by atoms with Gasteiger partial charge in [-0.15, -0.1) is 0 Å². The summed E-state index contributed by atoms with van der Waals surface area (Å²) in [6.45, 7) is 3.95. The molecule has 0 radical (unpaired) electrons. The summed E-state index contributed by atoms with van der Waals surface area (Å²) >= 11 is 0. The molecule has 1 aromatic rings. The van der Waals surface area contributed by atoms with Crippen LogP contribution in [0.2, 0.25) is 0 Å². The predicted molar refractivity (Wildman–Crippen MR) is 82.0 cm³/mol. The second kappa shape index (κ2) is 6.08. The molecule has 1 aliphatic carbocycles. The zero-order valence-electron chi connectivity index (χ0n) is 13.1. The summed E-state index contributed by atoms with van der Waals surface area (Å²) in [6.07, 6.45) is 11.6. The minimum atomic E-state index is 0.207. The zero-order chi connectivity index (χ0) is 14.8. The maximum absolute atomic E-state index is 12.7. The first kappa shape index (κ1) is 14.4. The van der Waals surface area contributed by atoms with E-state index in [1.807, 2.05) is 35.6 Å². The van der Waals surface area contributed by atoms with Crippen molar-refractivity contribution >= 4 is 6.03 Å². The van der Waals surface area contributed by atoms with Crippen LogP contribution in [-0.4, -0.2) is 51.6 Å².